The summed E-state index contributed by atoms with van der Waals surface area (Å²) in [7, 11) is 0. The van der Waals surface area contributed by atoms with Crippen LogP contribution in [0, 0.1) is 5.92 Å². The van der Waals surface area contributed by atoms with Gasteiger partial charge in [0.1, 0.15) is 5.75 Å². The Hall–Kier alpha value is -3.13. The lowest BCUT2D eigenvalue weighted by atomic mass is 10.1. The number of hydrogen-bond acceptors (Lipinski definition) is 7. The average Bonchev–Trinajstić information content (AvgIpc) is 2.97. The van der Waals surface area contributed by atoms with Crippen LogP contribution in [0.15, 0.2) is 53.7 Å². The summed E-state index contributed by atoms with van der Waals surface area (Å²) in [4.78, 5) is 19.7. The number of aromatic nitrogens is 3. The highest BCUT2D eigenvalue weighted by atomic mass is 32.2. The second-order valence-corrected chi connectivity index (χ2v) is 9.02. The molecule has 1 aliphatic heterocycles. The molecule has 0 saturated heterocycles. The van der Waals surface area contributed by atoms with E-state index in [1.54, 1.807) is 4.90 Å². The molecule has 0 spiro atoms. The smallest absolute Gasteiger partial charge is 0.247 e. The Labute approximate surface area is 198 Å². The van der Waals surface area contributed by atoms with Gasteiger partial charge in [0.15, 0.2) is 5.69 Å². The summed E-state index contributed by atoms with van der Waals surface area (Å²) in [5, 5.41) is 9.36. The lowest BCUT2D eigenvalue weighted by Crippen LogP contribution is -2.37. The van der Waals surface area contributed by atoms with E-state index in [-0.39, 0.29) is 5.91 Å². The van der Waals surface area contributed by atoms with E-state index in [0.717, 1.165) is 16.9 Å². The minimum absolute atomic E-state index is 0.0751. The Bertz CT molecular complexity index is 1140. The molecule has 0 saturated carbocycles. The summed E-state index contributed by atoms with van der Waals surface area (Å²) in [6.45, 7) is 8.56. The van der Waals surface area contributed by atoms with Crippen molar-refractivity contribution in [2.75, 3.05) is 17.3 Å². The molecule has 0 aliphatic carbocycles. The molecule has 0 unspecified atom stereocenters. The average molecular weight is 465 g/mol. The summed E-state index contributed by atoms with van der Waals surface area (Å²) in [6.07, 6.45) is -0.446. The molecule has 1 atom stereocenters. The van der Waals surface area contributed by atoms with Crippen LogP contribution in [-0.2, 0) is 4.79 Å². The van der Waals surface area contributed by atoms with Crippen molar-refractivity contribution in [3.8, 4) is 22.9 Å². The summed E-state index contributed by atoms with van der Waals surface area (Å²) in [6, 6.07) is 15.3. The standard InChI is InChI=1S/C25H28N4O3S/c1-5-21(30)29-19-13-9-7-11-17(19)22-23(26-25(28-27-22)33-15-16(3)4)32-24(29)18-12-8-10-14-20(18)31-6-2/h7-14,16,24H,5-6,15H2,1-4H3/t24-/m0/s1. The van der Waals surface area contributed by atoms with Gasteiger partial charge in [0.25, 0.3) is 0 Å². The second-order valence-electron chi connectivity index (χ2n) is 8.03. The molecule has 2 heterocycles. The largest absolute Gasteiger partial charge is 0.493 e. The fourth-order valence-corrected chi connectivity index (χ4v) is 4.36. The normalized spacial score (nSPS) is 14.8. The Morgan fingerprint density at radius 1 is 1.12 bits per heavy atom. The van der Waals surface area contributed by atoms with Gasteiger partial charge in [0.05, 0.1) is 17.9 Å². The van der Waals surface area contributed by atoms with Gasteiger partial charge in [-0.15, -0.1) is 10.2 Å². The maximum absolute atomic E-state index is 13.3. The monoisotopic (exact) mass is 464 g/mol. The van der Waals surface area contributed by atoms with E-state index in [2.05, 4.69) is 24.0 Å². The van der Waals surface area contributed by atoms with E-state index in [9.17, 15) is 4.79 Å². The van der Waals surface area contributed by atoms with Crippen molar-refractivity contribution in [2.45, 2.75) is 45.5 Å². The highest BCUT2D eigenvalue weighted by molar-refractivity contribution is 7.99. The molecule has 0 N–H and O–H groups in total. The number of hydrogen-bond donors (Lipinski definition) is 0. The quantitative estimate of drug-likeness (QED) is 0.426. The highest BCUT2D eigenvalue weighted by Crippen LogP contribution is 2.45. The van der Waals surface area contributed by atoms with Crippen molar-refractivity contribution in [3.05, 3.63) is 54.1 Å². The van der Waals surface area contributed by atoms with Gasteiger partial charge in [0.2, 0.25) is 23.2 Å². The molecule has 1 aromatic heterocycles. The van der Waals surface area contributed by atoms with Crippen molar-refractivity contribution < 1.29 is 14.3 Å². The molecular formula is C25H28N4O3S. The zero-order chi connectivity index (χ0) is 23.4. The molecule has 33 heavy (non-hydrogen) atoms. The van der Waals surface area contributed by atoms with Gasteiger partial charge in [-0.25, -0.2) is 0 Å². The van der Waals surface area contributed by atoms with Crippen LogP contribution >= 0.6 is 11.8 Å². The van der Waals surface area contributed by atoms with Crippen LogP contribution in [0.25, 0.3) is 11.3 Å². The minimum atomic E-state index is -0.762. The molecule has 0 fully saturated rings. The zero-order valence-electron chi connectivity index (χ0n) is 19.3. The van der Waals surface area contributed by atoms with E-state index < -0.39 is 6.23 Å². The Kier molecular flexibility index (Phi) is 7.13. The molecule has 0 radical (unpaired) electrons. The van der Waals surface area contributed by atoms with Crippen molar-refractivity contribution >= 4 is 23.4 Å². The third-order valence-corrected chi connectivity index (χ3v) is 6.38. The van der Waals surface area contributed by atoms with Crippen LogP contribution in [0.3, 0.4) is 0 Å². The first-order chi connectivity index (χ1) is 16.0. The van der Waals surface area contributed by atoms with Gasteiger partial charge in [-0.2, -0.15) is 4.98 Å². The summed E-state index contributed by atoms with van der Waals surface area (Å²) < 4.78 is 12.4. The first-order valence-electron chi connectivity index (χ1n) is 11.2. The van der Waals surface area contributed by atoms with Gasteiger partial charge in [-0.1, -0.05) is 62.9 Å². The lowest BCUT2D eigenvalue weighted by molar-refractivity contribution is -0.120. The molecule has 3 aromatic rings. The number of fused-ring (bicyclic) bond motifs is 3. The number of anilines is 1. The van der Waals surface area contributed by atoms with Crippen LogP contribution in [0.5, 0.6) is 11.6 Å². The van der Waals surface area contributed by atoms with E-state index in [1.165, 1.54) is 11.8 Å². The molecule has 1 aliphatic rings. The number of nitrogens with zero attached hydrogens (tertiary/aromatic N) is 4. The minimum Gasteiger partial charge on any atom is -0.493 e. The Morgan fingerprint density at radius 2 is 1.88 bits per heavy atom. The van der Waals surface area contributed by atoms with Gasteiger partial charge >= 0.3 is 0 Å². The van der Waals surface area contributed by atoms with Crippen LogP contribution < -0.4 is 14.4 Å². The fourth-order valence-electron chi connectivity index (χ4n) is 3.63. The van der Waals surface area contributed by atoms with E-state index >= 15 is 0 Å². The van der Waals surface area contributed by atoms with E-state index in [4.69, 9.17) is 14.5 Å². The summed E-state index contributed by atoms with van der Waals surface area (Å²) in [5.41, 5.74) is 2.73. The van der Waals surface area contributed by atoms with Crippen molar-refractivity contribution in [1.82, 2.24) is 15.2 Å². The fraction of sp³-hybridized carbons (Fsp3) is 0.360. The number of para-hydroxylation sites is 2. The summed E-state index contributed by atoms with van der Waals surface area (Å²) >= 11 is 1.54. The summed E-state index contributed by atoms with van der Waals surface area (Å²) in [5.74, 6) is 2.30. The van der Waals surface area contributed by atoms with Crippen LogP contribution in [0.2, 0.25) is 0 Å². The molecule has 0 bridgehead atoms. The first-order valence-corrected chi connectivity index (χ1v) is 12.2. The van der Waals surface area contributed by atoms with Gasteiger partial charge < -0.3 is 9.47 Å². The third-order valence-electron chi connectivity index (χ3n) is 5.11. The maximum Gasteiger partial charge on any atom is 0.247 e. The van der Waals surface area contributed by atoms with Gasteiger partial charge in [-0.3, -0.25) is 9.69 Å². The maximum atomic E-state index is 13.3. The lowest BCUT2D eigenvalue weighted by Gasteiger charge is -2.31. The SMILES string of the molecule is CCOc1ccccc1[C@@H]1Oc2nc(SCC(C)C)nnc2-c2ccccc2N1C(=O)CC. The number of ether oxygens (including phenoxy) is 2. The predicted molar refractivity (Wildman–Crippen MR) is 130 cm³/mol. The number of carbonyl (C=O) groups is 1. The van der Waals surface area contributed by atoms with Crippen LogP contribution in [0.4, 0.5) is 5.69 Å². The van der Waals surface area contributed by atoms with Gasteiger partial charge in [0, 0.05) is 17.7 Å². The van der Waals surface area contributed by atoms with E-state index in [1.807, 2.05) is 62.4 Å². The molecular weight excluding hydrogens is 436 g/mol. The van der Waals surface area contributed by atoms with Crippen molar-refractivity contribution in [3.63, 3.8) is 0 Å². The van der Waals surface area contributed by atoms with Gasteiger partial charge in [-0.05, 0) is 31.0 Å². The molecule has 7 nitrogen and oxygen atoms in total. The van der Waals surface area contributed by atoms with Crippen molar-refractivity contribution in [2.24, 2.45) is 5.92 Å². The predicted octanol–water partition coefficient (Wildman–Crippen LogP) is 5.52. The second kappa shape index (κ2) is 10.2. The van der Waals surface area contributed by atoms with Crippen molar-refractivity contribution in [1.29, 1.82) is 0 Å². The number of rotatable bonds is 7. The molecule has 172 valence electrons. The topological polar surface area (TPSA) is 77.4 Å². The molecule has 8 heteroatoms. The number of benzene rings is 2. The molecule has 1 amide bonds. The number of amides is 1. The van der Waals surface area contributed by atoms with Crippen LogP contribution in [0.1, 0.15) is 45.9 Å². The van der Waals surface area contributed by atoms with Crippen LogP contribution in [-0.4, -0.2) is 33.4 Å². The molecule has 2 aromatic carbocycles. The van der Waals surface area contributed by atoms with E-state index in [0.29, 0.717) is 47.1 Å². The first kappa shape index (κ1) is 23.0. The Balaban J connectivity index is 1.90. The third kappa shape index (κ3) is 4.80. The number of thioether (sulfide) groups is 1. The number of carbonyl (C=O) groups excluding carboxylic acids is 1. The zero-order valence-corrected chi connectivity index (χ0v) is 20.1. The Morgan fingerprint density at radius 3 is 2.64 bits per heavy atom. The highest BCUT2D eigenvalue weighted by Gasteiger charge is 2.36. The molecule has 4 rings (SSSR count).